The molecule has 0 saturated carbocycles. The predicted molar refractivity (Wildman–Crippen MR) is 102 cm³/mol. The number of aryl methyl sites for hydroxylation is 2. The lowest BCUT2D eigenvalue weighted by Gasteiger charge is -2.20. The normalized spacial score (nSPS) is 12.8. The molecular formula is C19H25N3O3S. The number of nitrogens with zero attached hydrogens (tertiary/aromatic N) is 1. The average molecular weight is 375 g/mol. The lowest BCUT2D eigenvalue weighted by atomic mass is 10.0. The summed E-state index contributed by atoms with van der Waals surface area (Å²) in [7, 11) is -3.80. The van der Waals surface area contributed by atoms with Gasteiger partial charge in [0, 0.05) is 5.69 Å². The first-order valence-corrected chi connectivity index (χ1v) is 9.99. The van der Waals surface area contributed by atoms with E-state index in [1.807, 2.05) is 33.8 Å². The number of anilines is 1. The molecule has 0 radical (unpaired) electrons. The number of carbonyl (C=O) groups is 1. The Morgan fingerprint density at radius 3 is 2.31 bits per heavy atom. The van der Waals surface area contributed by atoms with Gasteiger partial charge in [0.05, 0.1) is 4.90 Å². The first-order chi connectivity index (χ1) is 12.2. The number of benzene rings is 1. The summed E-state index contributed by atoms with van der Waals surface area (Å²) in [5.41, 5.74) is 1.73. The van der Waals surface area contributed by atoms with Crippen LogP contribution in [0, 0.1) is 19.8 Å². The second kappa shape index (κ2) is 8.42. The van der Waals surface area contributed by atoms with Gasteiger partial charge in [0.25, 0.3) is 0 Å². The molecule has 1 amide bonds. The summed E-state index contributed by atoms with van der Waals surface area (Å²) < 4.78 is 27.8. The van der Waals surface area contributed by atoms with Gasteiger partial charge in [0.2, 0.25) is 15.9 Å². The van der Waals surface area contributed by atoms with Crippen LogP contribution in [-0.4, -0.2) is 25.4 Å². The standard InChI is InChI=1S/C19H25N3O3S/c1-13(2)12-17(19(23)21-18-7-5-6-15(4)20-18)22-26(24,25)16-10-8-14(3)9-11-16/h5-11,13,17,22H,12H2,1-4H3,(H,20,21,23)/t17-/m1/s1. The van der Waals surface area contributed by atoms with Crippen LogP contribution < -0.4 is 10.0 Å². The van der Waals surface area contributed by atoms with Gasteiger partial charge in [-0.3, -0.25) is 4.79 Å². The maximum Gasteiger partial charge on any atom is 0.243 e. The molecule has 0 aliphatic rings. The van der Waals surface area contributed by atoms with E-state index < -0.39 is 22.0 Å². The molecule has 0 aliphatic heterocycles. The smallest absolute Gasteiger partial charge is 0.243 e. The highest BCUT2D eigenvalue weighted by Gasteiger charge is 2.26. The molecule has 0 fully saturated rings. The minimum Gasteiger partial charge on any atom is -0.309 e. The molecule has 2 N–H and O–H groups in total. The Balaban J connectivity index is 2.20. The second-order valence-electron chi connectivity index (χ2n) is 6.77. The quantitative estimate of drug-likeness (QED) is 0.778. The zero-order valence-electron chi connectivity index (χ0n) is 15.5. The van der Waals surface area contributed by atoms with E-state index in [0.29, 0.717) is 12.2 Å². The van der Waals surface area contributed by atoms with Crippen molar-refractivity contribution < 1.29 is 13.2 Å². The number of amides is 1. The summed E-state index contributed by atoms with van der Waals surface area (Å²) in [5.74, 6) is 0.114. The van der Waals surface area contributed by atoms with Gasteiger partial charge in [-0.25, -0.2) is 13.4 Å². The molecule has 1 aromatic carbocycles. The lowest BCUT2D eigenvalue weighted by Crippen LogP contribution is -2.44. The average Bonchev–Trinajstić information content (AvgIpc) is 2.54. The van der Waals surface area contributed by atoms with Gasteiger partial charge in [-0.05, 0) is 50.5 Å². The Morgan fingerprint density at radius 2 is 1.73 bits per heavy atom. The van der Waals surface area contributed by atoms with Gasteiger partial charge in [-0.1, -0.05) is 37.6 Å². The van der Waals surface area contributed by atoms with Gasteiger partial charge in [0.15, 0.2) is 0 Å². The number of hydrogen-bond donors (Lipinski definition) is 2. The minimum atomic E-state index is -3.80. The summed E-state index contributed by atoms with van der Waals surface area (Å²) in [5, 5.41) is 2.69. The van der Waals surface area contributed by atoms with Crippen LogP contribution in [0.4, 0.5) is 5.82 Å². The van der Waals surface area contributed by atoms with Crippen molar-refractivity contribution in [2.24, 2.45) is 5.92 Å². The lowest BCUT2D eigenvalue weighted by molar-refractivity contribution is -0.118. The van der Waals surface area contributed by atoms with Gasteiger partial charge < -0.3 is 5.32 Å². The minimum absolute atomic E-state index is 0.136. The van der Waals surface area contributed by atoms with E-state index in [0.717, 1.165) is 11.3 Å². The summed E-state index contributed by atoms with van der Waals surface area (Å²) >= 11 is 0. The Morgan fingerprint density at radius 1 is 1.08 bits per heavy atom. The van der Waals surface area contributed by atoms with Crippen LogP contribution in [0.25, 0.3) is 0 Å². The molecule has 6 nitrogen and oxygen atoms in total. The first-order valence-electron chi connectivity index (χ1n) is 8.51. The van der Waals surface area contributed by atoms with Crippen LogP contribution in [0.1, 0.15) is 31.5 Å². The molecular weight excluding hydrogens is 350 g/mol. The fourth-order valence-corrected chi connectivity index (χ4v) is 3.69. The van der Waals surface area contributed by atoms with Crippen molar-refractivity contribution in [2.45, 2.75) is 45.1 Å². The van der Waals surface area contributed by atoms with Crippen LogP contribution in [0.5, 0.6) is 0 Å². The highest BCUT2D eigenvalue weighted by Crippen LogP contribution is 2.15. The Kier molecular flexibility index (Phi) is 6.50. The van der Waals surface area contributed by atoms with Crippen molar-refractivity contribution in [3.8, 4) is 0 Å². The van der Waals surface area contributed by atoms with Gasteiger partial charge in [-0.2, -0.15) is 4.72 Å². The fraction of sp³-hybridized carbons (Fsp3) is 0.368. The van der Waals surface area contributed by atoms with E-state index in [4.69, 9.17) is 0 Å². The van der Waals surface area contributed by atoms with Crippen molar-refractivity contribution in [3.05, 3.63) is 53.7 Å². The Hall–Kier alpha value is -2.25. The Bertz CT molecular complexity index is 862. The molecule has 140 valence electrons. The molecule has 7 heteroatoms. The molecule has 2 rings (SSSR count). The molecule has 2 aromatic rings. The van der Waals surface area contributed by atoms with Crippen molar-refractivity contribution in [2.75, 3.05) is 5.32 Å². The molecule has 0 bridgehead atoms. The highest BCUT2D eigenvalue weighted by molar-refractivity contribution is 7.89. The monoisotopic (exact) mass is 375 g/mol. The summed E-state index contributed by atoms with van der Waals surface area (Å²) in [6, 6.07) is 10.9. The van der Waals surface area contributed by atoms with Crippen LogP contribution in [-0.2, 0) is 14.8 Å². The molecule has 0 unspecified atom stereocenters. The molecule has 26 heavy (non-hydrogen) atoms. The summed E-state index contributed by atoms with van der Waals surface area (Å²) in [4.78, 5) is 17.0. The molecule has 0 spiro atoms. The number of aromatic nitrogens is 1. The molecule has 1 heterocycles. The third kappa shape index (κ3) is 5.64. The maximum absolute atomic E-state index is 12.6. The second-order valence-corrected chi connectivity index (χ2v) is 8.48. The van der Waals surface area contributed by atoms with Crippen LogP contribution in [0.3, 0.4) is 0 Å². The van der Waals surface area contributed by atoms with Crippen LogP contribution in [0.2, 0.25) is 0 Å². The predicted octanol–water partition coefficient (Wildman–Crippen LogP) is 3.03. The maximum atomic E-state index is 12.6. The molecule has 1 aromatic heterocycles. The summed E-state index contributed by atoms with van der Waals surface area (Å²) in [6.45, 7) is 7.58. The summed E-state index contributed by atoms with van der Waals surface area (Å²) in [6.07, 6.45) is 0.378. The molecule has 1 atom stereocenters. The van der Waals surface area contributed by atoms with Crippen LogP contribution >= 0.6 is 0 Å². The van der Waals surface area contributed by atoms with Gasteiger partial charge >= 0.3 is 0 Å². The number of pyridine rings is 1. The zero-order chi connectivity index (χ0) is 19.3. The number of sulfonamides is 1. The van der Waals surface area contributed by atoms with Gasteiger partial charge in [-0.15, -0.1) is 0 Å². The third-order valence-electron chi connectivity index (χ3n) is 3.79. The topological polar surface area (TPSA) is 88.2 Å². The number of nitrogens with one attached hydrogen (secondary N) is 2. The van der Waals surface area contributed by atoms with E-state index in [9.17, 15) is 13.2 Å². The third-order valence-corrected chi connectivity index (χ3v) is 5.28. The van der Waals surface area contributed by atoms with Crippen molar-refractivity contribution in [3.63, 3.8) is 0 Å². The van der Waals surface area contributed by atoms with E-state index in [1.54, 1.807) is 24.3 Å². The number of carbonyl (C=O) groups excluding carboxylic acids is 1. The molecule has 0 saturated heterocycles. The van der Waals surface area contributed by atoms with E-state index in [-0.39, 0.29) is 10.8 Å². The first kappa shape index (κ1) is 20.1. The Labute approximate surface area is 155 Å². The van der Waals surface area contributed by atoms with Gasteiger partial charge in [0.1, 0.15) is 11.9 Å². The van der Waals surface area contributed by atoms with Crippen molar-refractivity contribution in [1.29, 1.82) is 0 Å². The van der Waals surface area contributed by atoms with Crippen LogP contribution in [0.15, 0.2) is 47.4 Å². The molecule has 0 aliphatic carbocycles. The van der Waals surface area contributed by atoms with E-state index in [2.05, 4.69) is 15.0 Å². The number of rotatable bonds is 7. The van der Waals surface area contributed by atoms with Crippen molar-refractivity contribution in [1.82, 2.24) is 9.71 Å². The zero-order valence-corrected chi connectivity index (χ0v) is 16.3. The number of hydrogen-bond acceptors (Lipinski definition) is 4. The van der Waals surface area contributed by atoms with E-state index in [1.165, 1.54) is 12.1 Å². The largest absolute Gasteiger partial charge is 0.309 e. The fourth-order valence-electron chi connectivity index (χ4n) is 2.48. The van der Waals surface area contributed by atoms with Crippen molar-refractivity contribution >= 4 is 21.7 Å². The highest BCUT2D eigenvalue weighted by atomic mass is 32.2. The van der Waals surface area contributed by atoms with E-state index >= 15 is 0 Å². The SMILES string of the molecule is Cc1ccc(S(=O)(=O)N[C@H](CC(C)C)C(=O)Nc2cccc(C)n2)cc1.